The first-order chi connectivity index (χ1) is 8.61. The predicted molar refractivity (Wildman–Crippen MR) is 73.4 cm³/mol. The number of rotatable bonds is 3. The number of benzene rings is 1. The van der Waals surface area contributed by atoms with Crippen molar-refractivity contribution < 1.29 is 14.3 Å². The maximum absolute atomic E-state index is 13.0. The number of β-amino-alcohol motifs (C(OH)–C–C–N with tert-alkyl or cyclic N) is 1. The van der Waals surface area contributed by atoms with Crippen LogP contribution in [-0.2, 0) is 4.79 Å². The van der Waals surface area contributed by atoms with Crippen LogP contribution in [0.1, 0.15) is 5.56 Å². The number of aliphatic hydroxyl groups excluding tert-OH is 1. The Labute approximate surface area is 113 Å². The lowest BCUT2D eigenvalue weighted by atomic mass is 10.2. The van der Waals surface area contributed by atoms with Crippen LogP contribution in [0.5, 0.6) is 0 Å². The van der Waals surface area contributed by atoms with Gasteiger partial charge in [0.05, 0.1) is 18.1 Å². The summed E-state index contributed by atoms with van der Waals surface area (Å²) in [6.45, 7) is 0.0465. The quantitative estimate of drug-likeness (QED) is 0.680. The zero-order valence-corrected chi connectivity index (χ0v) is 10.9. The highest BCUT2D eigenvalue weighted by Gasteiger charge is 2.31. The molecule has 1 amide bonds. The van der Waals surface area contributed by atoms with Crippen molar-refractivity contribution in [2.45, 2.75) is 0 Å². The molecule has 0 radical (unpaired) electrons. The molecular weight excluding hydrogens is 273 g/mol. The molecule has 94 valence electrons. The molecule has 0 spiro atoms. The molecule has 0 unspecified atom stereocenters. The Bertz CT molecular complexity index is 531. The van der Waals surface area contributed by atoms with Crippen LogP contribution in [0.3, 0.4) is 0 Å². The molecular formula is C12H10FNO2S2. The highest BCUT2D eigenvalue weighted by molar-refractivity contribution is 8.26. The summed E-state index contributed by atoms with van der Waals surface area (Å²) >= 11 is 6.20. The molecule has 1 aliphatic rings. The Morgan fingerprint density at radius 1 is 1.50 bits per heavy atom. The van der Waals surface area contributed by atoms with Crippen molar-refractivity contribution in [1.29, 1.82) is 0 Å². The van der Waals surface area contributed by atoms with Gasteiger partial charge in [0.15, 0.2) is 0 Å². The fourth-order valence-corrected chi connectivity index (χ4v) is 2.85. The first-order valence-corrected chi connectivity index (χ1v) is 6.46. The molecule has 2 rings (SSSR count). The minimum Gasteiger partial charge on any atom is -0.395 e. The molecule has 0 saturated carbocycles. The number of hydrogen-bond acceptors (Lipinski definition) is 4. The summed E-state index contributed by atoms with van der Waals surface area (Å²) in [5.74, 6) is -0.599. The molecule has 6 heteroatoms. The normalized spacial score (nSPS) is 17.9. The van der Waals surface area contributed by atoms with Crippen LogP contribution in [0.25, 0.3) is 6.08 Å². The van der Waals surface area contributed by atoms with Gasteiger partial charge in [0.2, 0.25) is 0 Å². The van der Waals surface area contributed by atoms with Crippen LogP contribution in [0.15, 0.2) is 29.2 Å². The van der Waals surface area contributed by atoms with Gasteiger partial charge in [-0.25, -0.2) is 4.39 Å². The molecule has 1 aliphatic heterocycles. The van der Waals surface area contributed by atoms with Crippen molar-refractivity contribution in [3.8, 4) is 0 Å². The molecule has 1 fully saturated rings. The van der Waals surface area contributed by atoms with Gasteiger partial charge in [0.25, 0.3) is 5.91 Å². The van der Waals surface area contributed by atoms with Gasteiger partial charge in [0.1, 0.15) is 10.1 Å². The van der Waals surface area contributed by atoms with Crippen molar-refractivity contribution in [1.82, 2.24) is 4.90 Å². The van der Waals surface area contributed by atoms with Gasteiger partial charge >= 0.3 is 0 Å². The smallest absolute Gasteiger partial charge is 0.266 e. The summed E-state index contributed by atoms with van der Waals surface area (Å²) in [6.07, 6.45) is 1.60. The Hall–Kier alpha value is -1.24. The SMILES string of the molecule is O=C1/C(=C/c2cccc(F)c2)SC(=S)N1CCO. The third-order valence-corrected chi connectivity index (χ3v) is 3.72. The van der Waals surface area contributed by atoms with E-state index in [1.165, 1.54) is 17.0 Å². The van der Waals surface area contributed by atoms with Gasteiger partial charge in [0, 0.05) is 0 Å². The maximum atomic E-state index is 13.0. The van der Waals surface area contributed by atoms with Crippen molar-refractivity contribution >= 4 is 40.3 Å². The average Bonchev–Trinajstić information content (AvgIpc) is 2.57. The second-order valence-corrected chi connectivity index (χ2v) is 5.29. The Morgan fingerprint density at radius 2 is 2.28 bits per heavy atom. The largest absolute Gasteiger partial charge is 0.395 e. The van der Waals surface area contributed by atoms with E-state index in [0.717, 1.165) is 11.8 Å². The number of halogens is 1. The second kappa shape index (κ2) is 5.60. The Balaban J connectivity index is 2.25. The summed E-state index contributed by atoms with van der Waals surface area (Å²) < 4.78 is 13.4. The minimum atomic E-state index is -0.352. The lowest BCUT2D eigenvalue weighted by molar-refractivity contribution is -0.122. The number of thiocarbonyl (C=S) groups is 1. The van der Waals surface area contributed by atoms with Crippen LogP contribution in [-0.4, -0.2) is 33.4 Å². The molecule has 1 heterocycles. The molecule has 0 atom stereocenters. The number of hydrogen-bond donors (Lipinski definition) is 1. The van der Waals surface area contributed by atoms with E-state index in [2.05, 4.69) is 0 Å². The molecule has 1 aromatic rings. The molecule has 1 saturated heterocycles. The number of aliphatic hydroxyl groups is 1. The lowest BCUT2D eigenvalue weighted by Crippen LogP contribution is -2.30. The monoisotopic (exact) mass is 283 g/mol. The molecule has 0 bridgehead atoms. The number of carbonyl (C=O) groups excluding carboxylic acids is 1. The summed E-state index contributed by atoms with van der Waals surface area (Å²) in [5.41, 5.74) is 0.611. The van der Waals surface area contributed by atoms with Crippen LogP contribution in [0.4, 0.5) is 4.39 Å². The van der Waals surface area contributed by atoms with E-state index >= 15 is 0 Å². The van der Waals surface area contributed by atoms with Gasteiger partial charge in [-0.2, -0.15) is 0 Å². The second-order valence-electron chi connectivity index (χ2n) is 3.61. The zero-order chi connectivity index (χ0) is 13.1. The molecule has 0 aliphatic carbocycles. The number of amides is 1. The van der Waals surface area contributed by atoms with E-state index in [1.807, 2.05) is 0 Å². The van der Waals surface area contributed by atoms with Gasteiger partial charge in [-0.1, -0.05) is 36.1 Å². The average molecular weight is 283 g/mol. The fourth-order valence-electron chi connectivity index (χ4n) is 1.54. The lowest BCUT2D eigenvalue weighted by Gasteiger charge is -2.11. The maximum Gasteiger partial charge on any atom is 0.266 e. The molecule has 1 N–H and O–H groups in total. The number of carbonyl (C=O) groups is 1. The zero-order valence-electron chi connectivity index (χ0n) is 9.30. The summed E-state index contributed by atoms with van der Waals surface area (Å²) in [6, 6.07) is 5.98. The Morgan fingerprint density at radius 3 is 2.94 bits per heavy atom. The van der Waals surface area contributed by atoms with Crippen LogP contribution in [0, 0.1) is 5.82 Å². The van der Waals surface area contributed by atoms with E-state index in [9.17, 15) is 9.18 Å². The number of thioether (sulfide) groups is 1. The summed E-state index contributed by atoms with van der Waals surface area (Å²) in [5, 5.41) is 8.84. The van der Waals surface area contributed by atoms with Crippen molar-refractivity contribution in [3.63, 3.8) is 0 Å². The molecule has 0 aromatic heterocycles. The topological polar surface area (TPSA) is 40.5 Å². The van der Waals surface area contributed by atoms with Crippen LogP contribution >= 0.6 is 24.0 Å². The molecule has 18 heavy (non-hydrogen) atoms. The summed E-state index contributed by atoms with van der Waals surface area (Å²) in [4.78, 5) is 13.7. The summed E-state index contributed by atoms with van der Waals surface area (Å²) in [7, 11) is 0. The van der Waals surface area contributed by atoms with Crippen molar-refractivity contribution in [2.24, 2.45) is 0 Å². The van der Waals surface area contributed by atoms with E-state index in [1.54, 1.807) is 18.2 Å². The van der Waals surface area contributed by atoms with Crippen LogP contribution in [0.2, 0.25) is 0 Å². The minimum absolute atomic E-state index is 0.139. The third kappa shape index (κ3) is 2.77. The van der Waals surface area contributed by atoms with Gasteiger partial charge in [-0.05, 0) is 23.8 Å². The highest BCUT2D eigenvalue weighted by atomic mass is 32.2. The van der Waals surface area contributed by atoms with Crippen molar-refractivity contribution in [2.75, 3.05) is 13.2 Å². The molecule has 1 aromatic carbocycles. The predicted octanol–water partition coefficient (Wildman–Crippen LogP) is 2.02. The number of nitrogens with zero attached hydrogens (tertiary/aromatic N) is 1. The standard InChI is InChI=1S/C12H10FNO2S2/c13-9-3-1-2-8(6-9)7-10-11(16)14(4-5-15)12(17)18-10/h1-3,6-7,15H,4-5H2/b10-7-. The van der Waals surface area contributed by atoms with Crippen molar-refractivity contribution in [3.05, 3.63) is 40.6 Å². The van der Waals surface area contributed by atoms with Gasteiger partial charge < -0.3 is 5.11 Å². The van der Waals surface area contributed by atoms with Gasteiger partial charge in [-0.15, -0.1) is 0 Å². The third-order valence-electron chi connectivity index (χ3n) is 2.34. The van der Waals surface area contributed by atoms with E-state index in [-0.39, 0.29) is 24.9 Å². The first kappa shape index (κ1) is 13.2. The Kier molecular flexibility index (Phi) is 4.11. The molecule has 3 nitrogen and oxygen atoms in total. The van der Waals surface area contributed by atoms with E-state index < -0.39 is 0 Å². The highest BCUT2D eigenvalue weighted by Crippen LogP contribution is 2.32. The van der Waals surface area contributed by atoms with E-state index in [4.69, 9.17) is 17.3 Å². The van der Waals surface area contributed by atoms with Gasteiger partial charge in [-0.3, -0.25) is 9.69 Å². The first-order valence-electron chi connectivity index (χ1n) is 5.23. The van der Waals surface area contributed by atoms with E-state index in [0.29, 0.717) is 14.8 Å². The van der Waals surface area contributed by atoms with Crippen LogP contribution < -0.4 is 0 Å². The fraction of sp³-hybridized carbons (Fsp3) is 0.167.